The smallest absolute Gasteiger partial charge is 0.119 e. The molecule has 0 saturated carbocycles. The van der Waals surface area contributed by atoms with E-state index in [1.807, 2.05) is 26.0 Å². The predicted octanol–water partition coefficient (Wildman–Crippen LogP) is 4.78. The van der Waals surface area contributed by atoms with Gasteiger partial charge in [-0.05, 0) is 78.4 Å². The maximum absolute atomic E-state index is 5.71. The number of benzene rings is 2. The van der Waals surface area contributed by atoms with Gasteiger partial charge in [-0.2, -0.15) is 0 Å². The topological polar surface area (TPSA) is 21.3 Å². The van der Waals surface area contributed by atoms with Gasteiger partial charge in [0.2, 0.25) is 0 Å². The van der Waals surface area contributed by atoms with E-state index in [4.69, 9.17) is 4.74 Å². The van der Waals surface area contributed by atoms with Crippen LogP contribution in [-0.2, 0) is 0 Å². The second-order valence-corrected chi connectivity index (χ2v) is 6.53. The van der Waals surface area contributed by atoms with Crippen LogP contribution in [0, 0.1) is 3.57 Å². The zero-order valence-electron chi connectivity index (χ0n) is 12.8. The van der Waals surface area contributed by atoms with Gasteiger partial charge in [0.05, 0.1) is 12.1 Å². The molecule has 1 unspecified atom stereocenters. The Hall–Kier alpha value is -1.07. The first kappa shape index (κ1) is 16.3. The third-order valence-electron chi connectivity index (χ3n) is 3.18. The van der Waals surface area contributed by atoms with Crippen molar-refractivity contribution < 1.29 is 4.74 Å². The van der Waals surface area contributed by atoms with Crippen LogP contribution in [0.3, 0.4) is 0 Å². The highest BCUT2D eigenvalue weighted by Gasteiger charge is 2.13. The Bertz CT molecular complexity index is 566. The minimum atomic E-state index is 0.205. The van der Waals surface area contributed by atoms with Crippen LogP contribution < -0.4 is 10.1 Å². The zero-order chi connectivity index (χ0) is 15.2. The average Bonchev–Trinajstić information content (AvgIpc) is 2.45. The predicted molar refractivity (Wildman–Crippen MR) is 96.9 cm³/mol. The molecule has 3 heteroatoms. The highest BCUT2D eigenvalue weighted by atomic mass is 127. The molecule has 0 heterocycles. The Morgan fingerprint density at radius 1 is 1.05 bits per heavy atom. The highest BCUT2D eigenvalue weighted by molar-refractivity contribution is 14.1. The van der Waals surface area contributed by atoms with E-state index in [0.717, 1.165) is 12.3 Å². The molecule has 0 fully saturated rings. The third kappa shape index (κ3) is 4.71. The lowest BCUT2D eigenvalue weighted by Crippen LogP contribution is -2.22. The lowest BCUT2D eigenvalue weighted by molar-refractivity contribution is 0.242. The van der Waals surface area contributed by atoms with Crippen molar-refractivity contribution in [3.63, 3.8) is 0 Å². The first-order chi connectivity index (χ1) is 10.1. The number of rotatable bonds is 6. The van der Waals surface area contributed by atoms with Gasteiger partial charge in [0, 0.05) is 3.57 Å². The maximum Gasteiger partial charge on any atom is 0.119 e. The molecule has 0 radical (unpaired) electrons. The van der Waals surface area contributed by atoms with Gasteiger partial charge in [0.1, 0.15) is 5.75 Å². The normalized spacial score (nSPS) is 12.4. The monoisotopic (exact) mass is 395 g/mol. The van der Waals surface area contributed by atoms with Gasteiger partial charge in [-0.25, -0.2) is 0 Å². The molecule has 2 nitrogen and oxygen atoms in total. The Labute approximate surface area is 141 Å². The summed E-state index contributed by atoms with van der Waals surface area (Å²) >= 11 is 2.36. The van der Waals surface area contributed by atoms with Crippen molar-refractivity contribution in [3.05, 3.63) is 63.2 Å². The summed E-state index contributed by atoms with van der Waals surface area (Å²) in [6, 6.07) is 17.2. The molecule has 0 saturated heterocycles. The van der Waals surface area contributed by atoms with Crippen molar-refractivity contribution in [2.24, 2.45) is 0 Å². The summed E-state index contributed by atoms with van der Waals surface area (Å²) in [6.07, 6.45) is 0.205. The molecule has 112 valence electrons. The van der Waals surface area contributed by atoms with E-state index in [9.17, 15) is 0 Å². The molecule has 0 amide bonds. The fourth-order valence-corrected chi connectivity index (χ4v) is 2.90. The summed E-state index contributed by atoms with van der Waals surface area (Å²) in [6.45, 7) is 7.15. The summed E-state index contributed by atoms with van der Waals surface area (Å²) in [5.74, 6) is 0.923. The van der Waals surface area contributed by atoms with E-state index in [-0.39, 0.29) is 12.1 Å². The molecule has 0 aromatic heterocycles. The van der Waals surface area contributed by atoms with Gasteiger partial charge in [-0.3, -0.25) is 0 Å². The van der Waals surface area contributed by atoms with E-state index in [2.05, 4.69) is 71.2 Å². The van der Waals surface area contributed by atoms with E-state index in [0.29, 0.717) is 0 Å². The second-order valence-electron chi connectivity index (χ2n) is 5.28. The van der Waals surface area contributed by atoms with Gasteiger partial charge < -0.3 is 10.1 Å². The SMILES string of the molecule is CCNC(c1ccc(OC(C)C)cc1)c1cccc(I)c1. The van der Waals surface area contributed by atoms with Crippen LogP contribution in [0.25, 0.3) is 0 Å². The molecule has 1 atom stereocenters. The number of hydrogen-bond acceptors (Lipinski definition) is 2. The molecule has 0 spiro atoms. The maximum atomic E-state index is 5.71. The lowest BCUT2D eigenvalue weighted by Gasteiger charge is -2.20. The van der Waals surface area contributed by atoms with Crippen molar-refractivity contribution >= 4 is 22.6 Å². The van der Waals surface area contributed by atoms with E-state index < -0.39 is 0 Å². The summed E-state index contributed by atoms with van der Waals surface area (Å²) in [5, 5.41) is 3.56. The fourth-order valence-electron chi connectivity index (χ4n) is 2.33. The molecule has 2 rings (SSSR count). The van der Waals surface area contributed by atoms with Crippen molar-refractivity contribution in [3.8, 4) is 5.75 Å². The molecule has 0 aliphatic heterocycles. The minimum absolute atomic E-state index is 0.205. The number of halogens is 1. The largest absolute Gasteiger partial charge is 0.491 e. The standard InChI is InChI=1S/C18H22INO/c1-4-20-18(15-6-5-7-16(19)12-15)14-8-10-17(11-9-14)21-13(2)3/h5-13,18,20H,4H2,1-3H3. The third-order valence-corrected chi connectivity index (χ3v) is 3.85. The Kier molecular flexibility index (Phi) is 6.06. The quantitative estimate of drug-likeness (QED) is 0.711. The van der Waals surface area contributed by atoms with Gasteiger partial charge in [0.15, 0.2) is 0 Å². The van der Waals surface area contributed by atoms with Crippen LogP contribution >= 0.6 is 22.6 Å². The van der Waals surface area contributed by atoms with Gasteiger partial charge in [0.25, 0.3) is 0 Å². The molecule has 2 aromatic rings. The van der Waals surface area contributed by atoms with E-state index in [1.54, 1.807) is 0 Å². The van der Waals surface area contributed by atoms with Crippen LogP contribution in [0.15, 0.2) is 48.5 Å². The van der Waals surface area contributed by atoms with Gasteiger partial charge in [-0.15, -0.1) is 0 Å². The van der Waals surface area contributed by atoms with Crippen LogP contribution in [0.1, 0.15) is 37.9 Å². The van der Waals surface area contributed by atoms with Crippen molar-refractivity contribution in [1.82, 2.24) is 5.32 Å². The van der Waals surface area contributed by atoms with Crippen molar-refractivity contribution in [1.29, 1.82) is 0 Å². The van der Waals surface area contributed by atoms with Crippen molar-refractivity contribution in [2.75, 3.05) is 6.54 Å². The van der Waals surface area contributed by atoms with Crippen LogP contribution in [0.4, 0.5) is 0 Å². The first-order valence-electron chi connectivity index (χ1n) is 7.35. The highest BCUT2D eigenvalue weighted by Crippen LogP contribution is 2.25. The molecule has 0 aliphatic rings. The lowest BCUT2D eigenvalue weighted by atomic mass is 9.98. The molecule has 0 bridgehead atoms. The summed E-state index contributed by atoms with van der Waals surface area (Å²) in [4.78, 5) is 0. The summed E-state index contributed by atoms with van der Waals surface area (Å²) < 4.78 is 6.97. The van der Waals surface area contributed by atoms with E-state index in [1.165, 1.54) is 14.7 Å². The van der Waals surface area contributed by atoms with Gasteiger partial charge in [-0.1, -0.05) is 31.2 Å². The fraction of sp³-hybridized carbons (Fsp3) is 0.333. The number of hydrogen-bond donors (Lipinski definition) is 1. The summed E-state index contributed by atoms with van der Waals surface area (Å²) in [7, 11) is 0. The molecule has 2 aromatic carbocycles. The molecular formula is C18H22INO. The van der Waals surface area contributed by atoms with Crippen LogP contribution in [0.2, 0.25) is 0 Å². The molecule has 1 N–H and O–H groups in total. The Morgan fingerprint density at radius 3 is 2.33 bits per heavy atom. The molecule has 21 heavy (non-hydrogen) atoms. The summed E-state index contributed by atoms with van der Waals surface area (Å²) in [5.41, 5.74) is 2.55. The average molecular weight is 395 g/mol. The van der Waals surface area contributed by atoms with Crippen LogP contribution in [0.5, 0.6) is 5.75 Å². The second kappa shape index (κ2) is 7.80. The first-order valence-corrected chi connectivity index (χ1v) is 8.43. The molecule has 0 aliphatic carbocycles. The Morgan fingerprint density at radius 2 is 1.76 bits per heavy atom. The molecular weight excluding hydrogens is 373 g/mol. The zero-order valence-corrected chi connectivity index (χ0v) is 14.9. The van der Waals surface area contributed by atoms with Gasteiger partial charge >= 0.3 is 0 Å². The van der Waals surface area contributed by atoms with Crippen LogP contribution in [-0.4, -0.2) is 12.6 Å². The number of ether oxygens (including phenoxy) is 1. The number of nitrogens with one attached hydrogen (secondary N) is 1. The van der Waals surface area contributed by atoms with E-state index >= 15 is 0 Å². The minimum Gasteiger partial charge on any atom is -0.491 e. The van der Waals surface area contributed by atoms with Crippen molar-refractivity contribution in [2.45, 2.75) is 32.9 Å². The Balaban J connectivity index is 2.26.